The molecule has 84 valence electrons. The number of pyridine rings is 1. The van der Waals surface area contributed by atoms with E-state index in [9.17, 15) is 0 Å². The fraction of sp³-hybridized carbons (Fsp3) is 0.250. The predicted molar refractivity (Wildman–Crippen MR) is 65.1 cm³/mol. The second kappa shape index (κ2) is 5.18. The predicted octanol–water partition coefficient (Wildman–Crippen LogP) is 2.73. The first-order chi connectivity index (χ1) is 7.79. The quantitative estimate of drug-likeness (QED) is 0.826. The summed E-state index contributed by atoms with van der Waals surface area (Å²) in [6.45, 7) is 2.46. The van der Waals surface area contributed by atoms with Crippen LogP contribution in [0.1, 0.15) is 17.0 Å². The Morgan fingerprint density at radius 1 is 1.44 bits per heavy atom. The van der Waals surface area contributed by atoms with Crippen molar-refractivity contribution in [2.75, 3.05) is 0 Å². The molecule has 0 aromatic carbocycles. The van der Waals surface area contributed by atoms with E-state index >= 15 is 0 Å². The van der Waals surface area contributed by atoms with Crippen LogP contribution in [0, 0.1) is 6.92 Å². The van der Waals surface area contributed by atoms with Crippen LogP contribution >= 0.6 is 11.8 Å². The Balaban J connectivity index is 2.02. The molecule has 0 amide bonds. The highest BCUT2D eigenvalue weighted by molar-refractivity contribution is 7.98. The van der Waals surface area contributed by atoms with Gasteiger partial charge in [-0.25, -0.2) is 0 Å². The van der Waals surface area contributed by atoms with Crippen molar-refractivity contribution in [2.45, 2.75) is 24.1 Å². The highest BCUT2D eigenvalue weighted by Crippen LogP contribution is 2.26. The lowest BCUT2D eigenvalue weighted by molar-refractivity contribution is 0.527. The van der Waals surface area contributed by atoms with Gasteiger partial charge in [0, 0.05) is 23.4 Å². The molecule has 0 saturated heterocycles. The molecule has 0 aliphatic rings. The maximum Gasteiger partial charge on any atom is 0.114 e. The summed E-state index contributed by atoms with van der Waals surface area (Å²) < 4.78 is 5.24. The van der Waals surface area contributed by atoms with E-state index in [4.69, 9.17) is 10.2 Å². The molecular weight excluding hydrogens is 220 g/mol. The molecule has 0 bridgehead atoms. The zero-order chi connectivity index (χ0) is 11.4. The molecule has 0 saturated carbocycles. The molecule has 2 aromatic rings. The van der Waals surface area contributed by atoms with Crippen molar-refractivity contribution in [2.24, 2.45) is 5.73 Å². The summed E-state index contributed by atoms with van der Waals surface area (Å²) in [7, 11) is 0. The topological polar surface area (TPSA) is 52.0 Å². The maximum absolute atomic E-state index is 5.55. The third-order valence-electron chi connectivity index (χ3n) is 2.30. The van der Waals surface area contributed by atoms with Gasteiger partial charge in [0.25, 0.3) is 0 Å². The van der Waals surface area contributed by atoms with Crippen molar-refractivity contribution in [3.05, 3.63) is 47.7 Å². The summed E-state index contributed by atoms with van der Waals surface area (Å²) in [6, 6.07) is 6.05. The number of rotatable bonds is 4. The molecule has 0 aliphatic heterocycles. The maximum atomic E-state index is 5.55. The van der Waals surface area contributed by atoms with Gasteiger partial charge in [-0.2, -0.15) is 0 Å². The first-order valence-corrected chi connectivity index (χ1v) is 6.09. The lowest BCUT2D eigenvalue weighted by atomic mass is 10.2. The summed E-state index contributed by atoms with van der Waals surface area (Å²) in [5, 5.41) is 0. The molecule has 2 aromatic heterocycles. The minimum Gasteiger partial charge on any atom is -0.468 e. The molecule has 0 radical (unpaired) electrons. The average Bonchev–Trinajstić information content (AvgIpc) is 2.72. The number of furan rings is 1. The molecule has 2 heterocycles. The van der Waals surface area contributed by atoms with E-state index in [-0.39, 0.29) is 0 Å². The zero-order valence-corrected chi connectivity index (χ0v) is 9.96. The molecular formula is C12H14N2OS. The van der Waals surface area contributed by atoms with E-state index in [1.54, 1.807) is 24.2 Å². The third-order valence-corrected chi connectivity index (χ3v) is 3.51. The number of aromatic nitrogens is 1. The lowest BCUT2D eigenvalue weighted by Crippen LogP contribution is -1.99. The van der Waals surface area contributed by atoms with Crippen LogP contribution in [0.2, 0.25) is 0 Å². The Labute approximate surface area is 99.1 Å². The second-order valence-corrected chi connectivity index (χ2v) is 4.51. The molecule has 0 fully saturated rings. The van der Waals surface area contributed by atoms with Crippen molar-refractivity contribution < 1.29 is 4.42 Å². The van der Waals surface area contributed by atoms with Crippen molar-refractivity contribution in [1.82, 2.24) is 4.98 Å². The number of thioether (sulfide) groups is 1. The summed E-state index contributed by atoms with van der Waals surface area (Å²) in [6.07, 6.45) is 3.52. The van der Waals surface area contributed by atoms with E-state index in [2.05, 4.69) is 4.98 Å². The monoisotopic (exact) mass is 234 g/mol. The third kappa shape index (κ3) is 2.65. The van der Waals surface area contributed by atoms with E-state index in [1.165, 1.54) is 10.5 Å². The van der Waals surface area contributed by atoms with Gasteiger partial charge in [-0.15, -0.1) is 11.8 Å². The Bertz CT molecular complexity index is 468. The van der Waals surface area contributed by atoms with Crippen LogP contribution < -0.4 is 5.73 Å². The average molecular weight is 234 g/mol. The van der Waals surface area contributed by atoms with Gasteiger partial charge in [0.05, 0.1) is 12.0 Å². The van der Waals surface area contributed by atoms with Gasteiger partial charge in [-0.1, -0.05) is 0 Å². The van der Waals surface area contributed by atoms with Crippen molar-refractivity contribution >= 4 is 11.8 Å². The number of hydrogen-bond donors (Lipinski definition) is 1. The van der Waals surface area contributed by atoms with Gasteiger partial charge >= 0.3 is 0 Å². The molecule has 2 rings (SSSR count). The van der Waals surface area contributed by atoms with Crippen molar-refractivity contribution in [1.29, 1.82) is 0 Å². The van der Waals surface area contributed by atoms with Crippen LogP contribution in [0.5, 0.6) is 0 Å². The van der Waals surface area contributed by atoms with Gasteiger partial charge < -0.3 is 10.2 Å². The fourth-order valence-electron chi connectivity index (χ4n) is 1.41. The highest BCUT2D eigenvalue weighted by Gasteiger charge is 2.03. The summed E-state index contributed by atoms with van der Waals surface area (Å²) in [4.78, 5) is 5.35. The van der Waals surface area contributed by atoms with Gasteiger partial charge in [-0.05, 0) is 30.7 Å². The van der Waals surface area contributed by atoms with Crippen molar-refractivity contribution in [3.8, 4) is 0 Å². The van der Waals surface area contributed by atoms with Crippen molar-refractivity contribution in [3.63, 3.8) is 0 Å². The molecule has 0 atom stereocenters. The second-order valence-electron chi connectivity index (χ2n) is 3.49. The summed E-state index contributed by atoms with van der Waals surface area (Å²) >= 11 is 1.76. The van der Waals surface area contributed by atoms with E-state index < -0.39 is 0 Å². The number of nitrogens with two attached hydrogens (primary N) is 1. The standard InChI is InChI=1S/C12H14N2OS/c1-9-12(3-5-15-9)16-8-10-2-4-14-11(6-10)7-13/h2-6H,7-8,13H2,1H3. The Morgan fingerprint density at radius 2 is 2.31 bits per heavy atom. The normalized spacial score (nSPS) is 10.6. The minimum absolute atomic E-state index is 0.489. The molecule has 4 heteroatoms. The fourth-order valence-corrected chi connectivity index (χ4v) is 2.32. The van der Waals surface area contributed by atoms with Gasteiger partial charge in [-0.3, -0.25) is 4.98 Å². The van der Waals surface area contributed by atoms with Gasteiger partial charge in [0.1, 0.15) is 5.76 Å². The Morgan fingerprint density at radius 3 is 3.00 bits per heavy atom. The molecule has 0 unspecified atom stereocenters. The van der Waals surface area contributed by atoms with Crippen LogP contribution in [0.3, 0.4) is 0 Å². The number of aryl methyl sites for hydroxylation is 1. The summed E-state index contributed by atoms with van der Waals surface area (Å²) in [5.41, 5.74) is 7.72. The molecule has 0 aliphatic carbocycles. The van der Waals surface area contributed by atoms with E-state index in [1.807, 2.05) is 25.1 Å². The van der Waals surface area contributed by atoms with Crippen LogP contribution in [-0.2, 0) is 12.3 Å². The minimum atomic E-state index is 0.489. The number of hydrogen-bond acceptors (Lipinski definition) is 4. The molecule has 3 nitrogen and oxygen atoms in total. The smallest absolute Gasteiger partial charge is 0.114 e. The Hall–Kier alpha value is -1.26. The Kier molecular flexibility index (Phi) is 3.64. The van der Waals surface area contributed by atoms with E-state index in [0.717, 1.165) is 17.2 Å². The number of nitrogens with zero attached hydrogens (tertiary/aromatic N) is 1. The van der Waals surface area contributed by atoms with Crippen LogP contribution in [0.15, 0.2) is 40.0 Å². The van der Waals surface area contributed by atoms with Crippen LogP contribution in [0.4, 0.5) is 0 Å². The lowest BCUT2D eigenvalue weighted by Gasteiger charge is -2.02. The zero-order valence-electron chi connectivity index (χ0n) is 9.14. The molecule has 0 spiro atoms. The van der Waals surface area contributed by atoms with Gasteiger partial charge in [0.15, 0.2) is 0 Å². The summed E-state index contributed by atoms with van der Waals surface area (Å²) in [5.74, 6) is 1.88. The first-order valence-electron chi connectivity index (χ1n) is 5.10. The largest absolute Gasteiger partial charge is 0.468 e. The van der Waals surface area contributed by atoms with E-state index in [0.29, 0.717) is 6.54 Å². The van der Waals surface area contributed by atoms with Crippen LogP contribution in [0.25, 0.3) is 0 Å². The molecule has 2 N–H and O–H groups in total. The highest BCUT2D eigenvalue weighted by atomic mass is 32.2. The van der Waals surface area contributed by atoms with Gasteiger partial charge in [0.2, 0.25) is 0 Å². The first kappa shape index (κ1) is 11.2. The molecule has 16 heavy (non-hydrogen) atoms. The SMILES string of the molecule is Cc1occc1SCc1ccnc(CN)c1. The van der Waals surface area contributed by atoms with Crippen LogP contribution in [-0.4, -0.2) is 4.98 Å².